The van der Waals surface area contributed by atoms with Crippen LogP contribution >= 0.6 is 0 Å². The first-order valence-electron chi connectivity index (χ1n) is 4.99. The Balaban J connectivity index is 2.84. The molecule has 0 radical (unpaired) electrons. The highest BCUT2D eigenvalue weighted by molar-refractivity contribution is 5.46. The number of para-hydroxylation sites is 1. The summed E-state index contributed by atoms with van der Waals surface area (Å²) in [5, 5.41) is 3.34. The molecule has 4 heteroatoms. The van der Waals surface area contributed by atoms with Gasteiger partial charge in [-0.25, -0.2) is 0 Å². The molecule has 1 rings (SSSR count). The zero-order chi connectivity index (χ0) is 11.8. The number of hydrogen-bond donors (Lipinski definition) is 0. The predicted molar refractivity (Wildman–Crippen MR) is 63.1 cm³/mol. The Hall–Kier alpha value is -2.11. The van der Waals surface area contributed by atoms with Gasteiger partial charge in [-0.3, -0.25) is 0 Å². The summed E-state index contributed by atoms with van der Waals surface area (Å²) < 4.78 is 5.60. The Bertz CT molecular complexity index is 451. The summed E-state index contributed by atoms with van der Waals surface area (Å²) in [5.74, 6) is 6.43. The third-order valence-corrected chi connectivity index (χ3v) is 1.69. The molecule has 0 aliphatic rings. The molecule has 4 nitrogen and oxygen atoms in total. The molecule has 0 atom stereocenters. The fourth-order valence-electron chi connectivity index (χ4n) is 1.13. The van der Waals surface area contributed by atoms with Crippen molar-refractivity contribution in [3.63, 3.8) is 0 Å². The summed E-state index contributed by atoms with van der Waals surface area (Å²) in [4.78, 5) is 2.63. The molecule has 1 aromatic carbocycles. The molecule has 0 fully saturated rings. The van der Waals surface area contributed by atoms with Crippen LogP contribution in [-0.2, 0) is 0 Å². The van der Waals surface area contributed by atoms with E-state index in [9.17, 15) is 0 Å². The molecule has 0 bridgehead atoms. The highest BCUT2D eigenvalue weighted by atomic mass is 16.5. The SMILES string of the molecule is CC(C)Oc1ccccc1C#CCN=[N+]=[N-]. The average molecular weight is 215 g/mol. The molecule has 0 saturated carbocycles. The van der Waals surface area contributed by atoms with Gasteiger partial charge in [-0.1, -0.05) is 29.1 Å². The first-order chi connectivity index (χ1) is 7.74. The number of nitrogens with zero attached hydrogens (tertiary/aromatic N) is 3. The molecule has 0 N–H and O–H groups in total. The van der Waals surface area contributed by atoms with E-state index in [4.69, 9.17) is 10.3 Å². The molecular weight excluding hydrogens is 202 g/mol. The summed E-state index contributed by atoms with van der Waals surface area (Å²) in [7, 11) is 0. The second-order valence-electron chi connectivity index (χ2n) is 3.35. The molecule has 0 amide bonds. The number of azide groups is 1. The van der Waals surface area contributed by atoms with E-state index in [-0.39, 0.29) is 12.6 Å². The van der Waals surface area contributed by atoms with Gasteiger partial charge in [0.25, 0.3) is 0 Å². The lowest BCUT2D eigenvalue weighted by atomic mass is 10.2. The molecule has 0 heterocycles. The van der Waals surface area contributed by atoms with Crippen LogP contribution in [0.4, 0.5) is 0 Å². The Labute approximate surface area is 94.9 Å². The first-order valence-corrected chi connectivity index (χ1v) is 4.99. The maximum absolute atomic E-state index is 8.10. The molecular formula is C12H13N3O. The van der Waals surface area contributed by atoms with Crippen molar-refractivity contribution < 1.29 is 4.74 Å². The molecule has 0 aromatic heterocycles. The summed E-state index contributed by atoms with van der Waals surface area (Å²) in [6, 6.07) is 7.54. The third kappa shape index (κ3) is 3.95. The molecule has 0 saturated heterocycles. The summed E-state index contributed by atoms with van der Waals surface area (Å²) in [6.45, 7) is 4.10. The lowest BCUT2D eigenvalue weighted by molar-refractivity contribution is 0.242. The van der Waals surface area contributed by atoms with Gasteiger partial charge in [0.2, 0.25) is 0 Å². The van der Waals surface area contributed by atoms with Gasteiger partial charge in [0.1, 0.15) is 5.75 Å². The summed E-state index contributed by atoms with van der Waals surface area (Å²) >= 11 is 0. The molecule has 0 aliphatic carbocycles. The van der Waals surface area contributed by atoms with Crippen LogP contribution in [0.25, 0.3) is 10.4 Å². The van der Waals surface area contributed by atoms with Gasteiger partial charge in [0, 0.05) is 4.91 Å². The van der Waals surface area contributed by atoms with Crippen LogP contribution in [0.2, 0.25) is 0 Å². The second kappa shape index (κ2) is 6.39. The van der Waals surface area contributed by atoms with E-state index in [1.165, 1.54) is 0 Å². The maximum atomic E-state index is 8.10. The van der Waals surface area contributed by atoms with Crippen molar-refractivity contribution in [1.82, 2.24) is 0 Å². The van der Waals surface area contributed by atoms with Gasteiger partial charge >= 0.3 is 0 Å². The van der Waals surface area contributed by atoms with Gasteiger partial charge in [0.15, 0.2) is 0 Å². The van der Waals surface area contributed by atoms with Crippen molar-refractivity contribution in [1.29, 1.82) is 0 Å². The van der Waals surface area contributed by atoms with Crippen LogP contribution in [0.1, 0.15) is 19.4 Å². The Morgan fingerprint density at radius 1 is 1.44 bits per heavy atom. The highest BCUT2D eigenvalue weighted by Gasteiger charge is 2.01. The van der Waals surface area contributed by atoms with Crippen LogP contribution in [0.3, 0.4) is 0 Å². The molecule has 0 unspecified atom stereocenters. The van der Waals surface area contributed by atoms with Crippen molar-refractivity contribution in [3.05, 3.63) is 40.3 Å². The van der Waals surface area contributed by atoms with E-state index in [0.717, 1.165) is 11.3 Å². The van der Waals surface area contributed by atoms with E-state index in [1.807, 2.05) is 38.1 Å². The van der Waals surface area contributed by atoms with Crippen molar-refractivity contribution in [2.75, 3.05) is 6.54 Å². The van der Waals surface area contributed by atoms with Crippen molar-refractivity contribution >= 4 is 0 Å². The molecule has 0 spiro atoms. The summed E-state index contributed by atoms with van der Waals surface area (Å²) in [5.41, 5.74) is 8.91. The predicted octanol–water partition coefficient (Wildman–Crippen LogP) is 3.14. The standard InChI is InChI=1S/C12H13N3O/c1-10(2)16-12-8-4-3-6-11(12)7-5-9-14-15-13/h3-4,6,8,10H,9H2,1-2H3. The molecule has 0 aliphatic heterocycles. The van der Waals surface area contributed by atoms with Crippen LogP contribution in [0.5, 0.6) is 5.75 Å². The Kier molecular flexibility index (Phi) is 4.78. The van der Waals surface area contributed by atoms with Crippen molar-refractivity contribution in [3.8, 4) is 17.6 Å². The van der Waals surface area contributed by atoms with Crippen molar-refractivity contribution in [2.24, 2.45) is 5.11 Å². The zero-order valence-electron chi connectivity index (χ0n) is 9.34. The molecule has 82 valence electrons. The van der Waals surface area contributed by atoms with E-state index in [1.54, 1.807) is 0 Å². The van der Waals surface area contributed by atoms with Crippen LogP contribution in [0, 0.1) is 11.8 Å². The zero-order valence-corrected chi connectivity index (χ0v) is 9.34. The average Bonchev–Trinajstić information content (AvgIpc) is 2.26. The molecule has 16 heavy (non-hydrogen) atoms. The summed E-state index contributed by atoms with van der Waals surface area (Å²) in [6.07, 6.45) is 0.111. The number of hydrogen-bond acceptors (Lipinski definition) is 2. The normalized spacial score (nSPS) is 8.94. The van der Waals surface area contributed by atoms with E-state index < -0.39 is 0 Å². The highest BCUT2D eigenvalue weighted by Crippen LogP contribution is 2.17. The first kappa shape index (κ1) is 12.0. The fourth-order valence-corrected chi connectivity index (χ4v) is 1.13. The van der Waals surface area contributed by atoms with Gasteiger partial charge in [0.05, 0.1) is 18.2 Å². The van der Waals surface area contributed by atoms with Gasteiger partial charge < -0.3 is 4.74 Å². The second-order valence-corrected chi connectivity index (χ2v) is 3.35. The Morgan fingerprint density at radius 3 is 2.88 bits per heavy atom. The third-order valence-electron chi connectivity index (χ3n) is 1.69. The monoisotopic (exact) mass is 215 g/mol. The van der Waals surface area contributed by atoms with Crippen LogP contribution in [0.15, 0.2) is 29.4 Å². The molecule has 1 aromatic rings. The maximum Gasteiger partial charge on any atom is 0.135 e. The smallest absolute Gasteiger partial charge is 0.135 e. The number of benzene rings is 1. The van der Waals surface area contributed by atoms with E-state index in [0.29, 0.717) is 0 Å². The van der Waals surface area contributed by atoms with Gasteiger partial charge in [-0.15, -0.1) is 0 Å². The largest absolute Gasteiger partial charge is 0.490 e. The Morgan fingerprint density at radius 2 is 2.19 bits per heavy atom. The number of ether oxygens (including phenoxy) is 1. The quantitative estimate of drug-likeness (QED) is 0.330. The topological polar surface area (TPSA) is 58.0 Å². The minimum Gasteiger partial charge on any atom is -0.490 e. The fraction of sp³-hybridized carbons (Fsp3) is 0.333. The van der Waals surface area contributed by atoms with Crippen LogP contribution < -0.4 is 4.74 Å². The van der Waals surface area contributed by atoms with E-state index >= 15 is 0 Å². The lowest BCUT2D eigenvalue weighted by Crippen LogP contribution is -2.06. The van der Waals surface area contributed by atoms with Gasteiger partial charge in [-0.2, -0.15) is 0 Å². The minimum absolute atomic E-state index is 0.111. The lowest BCUT2D eigenvalue weighted by Gasteiger charge is -2.10. The minimum atomic E-state index is 0.111. The van der Waals surface area contributed by atoms with Crippen LogP contribution in [-0.4, -0.2) is 12.6 Å². The number of rotatable bonds is 3. The van der Waals surface area contributed by atoms with E-state index in [2.05, 4.69) is 21.9 Å². The van der Waals surface area contributed by atoms with Gasteiger partial charge in [-0.05, 0) is 31.5 Å². The van der Waals surface area contributed by atoms with Crippen molar-refractivity contribution in [2.45, 2.75) is 20.0 Å².